The number of nitrogens with one attached hydrogen (secondary N) is 2. The van der Waals surface area contributed by atoms with Crippen LogP contribution < -0.4 is 5.32 Å². The maximum atomic E-state index is 12.4. The first kappa shape index (κ1) is 15.3. The number of aryl methyl sites for hydroxylation is 2. The van der Waals surface area contributed by atoms with Gasteiger partial charge in [0.05, 0.1) is 5.69 Å². The van der Waals surface area contributed by atoms with Crippen molar-refractivity contribution in [3.05, 3.63) is 29.2 Å². The Kier molecular flexibility index (Phi) is 4.77. The monoisotopic (exact) mass is 289 g/mol. The van der Waals surface area contributed by atoms with E-state index in [1.807, 2.05) is 19.1 Å². The van der Waals surface area contributed by atoms with Gasteiger partial charge in [0.2, 0.25) is 0 Å². The molecule has 1 amide bonds. The standard InChI is InChI=1S/C15H23N5O/c1-5-7-11-8-14(18-17-11)16-15(21)13-9-12(10(3)4)19-20(13)6-2/h8-10H,5-7H2,1-4H3,(H2,16,17,18,21). The number of amides is 1. The van der Waals surface area contributed by atoms with E-state index in [2.05, 4.69) is 41.4 Å². The molecule has 6 heteroatoms. The fourth-order valence-electron chi connectivity index (χ4n) is 2.15. The van der Waals surface area contributed by atoms with Crippen molar-refractivity contribution in [3.63, 3.8) is 0 Å². The minimum absolute atomic E-state index is 0.175. The lowest BCUT2D eigenvalue weighted by Crippen LogP contribution is -2.17. The first-order chi connectivity index (χ1) is 10.0. The number of nitrogens with zero attached hydrogens (tertiary/aromatic N) is 3. The highest BCUT2D eigenvalue weighted by molar-refractivity contribution is 6.02. The van der Waals surface area contributed by atoms with Crippen LogP contribution in [0.3, 0.4) is 0 Å². The van der Waals surface area contributed by atoms with Crippen molar-refractivity contribution in [2.75, 3.05) is 5.32 Å². The van der Waals surface area contributed by atoms with Crippen LogP contribution in [0, 0.1) is 0 Å². The summed E-state index contributed by atoms with van der Waals surface area (Å²) in [5.74, 6) is 0.676. The third-order valence-corrected chi connectivity index (χ3v) is 3.31. The van der Waals surface area contributed by atoms with Crippen LogP contribution in [-0.2, 0) is 13.0 Å². The number of aromatic nitrogens is 4. The zero-order valence-electron chi connectivity index (χ0n) is 13.1. The SMILES string of the molecule is CCCc1cc(NC(=O)c2cc(C(C)C)nn2CC)n[nH]1. The Labute approximate surface area is 124 Å². The molecule has 0 unspecified atom stereocenters. The summed E-state index contributed by atoms with van der Waals surface area (Å²) in [5, 5.41) is 14.3. The van der Waals surface area contributed by atoms with Gasteiger partial charge in [-0.2, -0.15) is 10.2 Å². The van der Waals surface area contributed by atoms with Crippen molar-refractivity contribution in [2.45, 2.75) is 53.0 Å². The zero-order valence-corrected chi connectivity index (χ0v) is 13.1. The van der Waals surface area contributed by atoms with Crippen molar-refractivity contribution in [3.8, 4) is 0 Å². The quantitative estimate of drug-likeness (QED) is 0.858. The van der Waals surface area contributed by atoms with Crippen LogP contribution >= 0.6 is 0 Å². The van der Waals surface area contributed by atoms with Crippen molar-refractivity contribution in [2.24, 2.45) is 0 Å². The normalized spacial score (nSPS) is 11.1. The lowest BCUT2D eigenvalue weighted by Gasteiger charge is -2.03. The molecule has 2 aromatic rings. The fourth-order valence-corrected chi connectivity index (χ4v) is 2.15. The Morgan fingerprint density at radius 2 is 2.14 bits per heavy atom. The van der Waals surface area contributed by atoms with Crippen LogP contribution in [0.25, 0.3) is 0 Å². The van der Waals surface area contributed by atoms with Crippen molar-refractivity contribution < 1.29 is 4.79 Å². The second-order valence-electron chi connectivity index (χ2n) is 5.41. The van der Waals surface area contributed by atoms with E-state index in [4.69, 9.17) is 0 Å². The number of hydrogen-bond acceptors (Lipinski definition) is 3. The first-order valence-electron chi connectivity index (χ1n) is 7.48. The van der Waals surface area contributed by atoms with Gasteiger partial charge in [-0.1, -0.05) is 27.2 Å². The molecule has 0 aromatic carbocycles. The molecule has 2 heterocycles. The molecule has 6 nitrogen and oxygen atoms in total. The van der Waals surface area contributed by atoms with Gasteiger partial charge in [0, 0.05) is 18.3 Å². The predicted octanol–water partition coefficient (Wildman–Crippen LogP) is 2.95. The Morgan fingerprint density at radius 1 is 1.38 bits per heavy atom. The van der Waals surface area contributed by atoms with Crippen molar-refractivity contribution >= 4 is 11.7 Å². The first-order valence-corrected chi connectivity index (χ1v) is 7.48. The highest BCUT2D eigenvalue weighted by Crippen LogP contribution is 2.16. The number of rotatable bonds is 6. The van der Waals surface area contributed by atoms with E-state index in [1.165, 1.54) is 0 Å². The van der Waals surface area contributed by atoms with E-state index in [1.54, 1.807) is 4.68 Å². The minimum atomic E-state index is -0.175. The molecule has 2 N–H and O–H groups in total. The summed E-state index contributed by atoms with van der Waals surface area (Å²) in [6, 6.07) is 3.72. The van der Waals surface area contributed by atoms with Crippen LogP contribution in [0.2, 0.25) is 0 Å². The highest BCUT2D eigenvalue weighted by Gasteiger charge is 2.17. The van der Waals surface area contributed by atoms with E-state index < -0.39 is 0 Å². The summed E-state index contributed by atoms with van der Waals surface area (Å²) in [6.07, 6.45) is 1.96. The summed E-state index contributed by atoms with van der Waals surface area (Å²) in [7, 11) is 0. The van der Waals surface area contributed by atoms with Crippen molar-refractivity contribution in [1.82, 2.24) is 20.0 Å². The smallest absolute Gasteiger partial charge is 0.275 e. The molecule has 0 spiro atoms. The third-order valence-electron chi connectivity index (χ3n) is 3.31. The summed E-state index contributed by atoms with van der Waals surface area (Å²) in [4.78, 5) is 12.4. The molecule has 2 aromatic heterocycles. The molecule has 0 atom stereocenters. The molecule has 0 aliphatic heterocycles. The Hall–Kier alpha value is -2.11. The van der Waals surface area contributed by atoms with Crippen LogP contribution in [0.4, 0.5) is 5.82 Å². The Balaban J connectivity index is 2.15. The molecule has 0 aliphatic carbocycles. The number of carbonyl (C=O) groups is 1. The average Bonchev–Trinajstić information content (AvgIpc) is 3.05. The summed E-state index contributed by atoms with van der Waals surface area (Å²) in [6.45, 7) is 8.87. The Morgan fingerprint density at radius 3 is 2.76 bits per heavy atom. The number of anilines is 1. The number of hydrogen-bond donors (Lipinski definition) is 2. The van der Waals surface area contributed by atoms with E-state index in [0.717, 1.165) is 24.2 Å². The lowest BCUT2D eigenvalue weighted by molar-refractivity contribution is 0.101. The fraction of sp³-hybridized carbons (Fsp3) is 0.533. The zero-order chi connectivity index (χ0) is 15.4. The van der Waals surface area contributed by atoms with Crippen LogP contribution in [0.1, 0.15) is 61.9 Å². The summed E-state index contributed by atoms with van der Waals surface area (Å²) >= 11 is 0. The molecule has 114 valence electrons. The molecule has 0 saturated heterocycles. The average molecular weight is 289 g/mol. The van der Waals surface area contributed by atoms with Crippen LogP contribution in [0.5, 0.6) is 0 Å². The summed E-state index contributed by atoms with van der Waals surface area (Å²) in [5.41, 5.74) is 2.52. The van der Waals surface area contributed by atoms with Gasteiger partial charge in [-0.15, -0.1) is 0 Å². The van der Waals surface area contributed by atoms with E-state index in [9.17, 15) is 4.79 Å². The molecule has 0 saturated carbocycles. The van der Waals surface area contributed by atoms with Crippen LogP contribution in [0.15, 0.2) is 12.1 Å². The number of carbonyl (C=O) groups excluding carboxylic acids is 1. The van der Waals surface area contributed by atoms with Gasteiger partial charge in [0.1, 0.15) is 5.69 Å². The molecule has 0 radical (unpaired) electrons. The summed E-state index contributed by atoms with van der Waals surface area (Å²) < 4.78 is 1.73. The van der Waals surface area contributed by atoms with E-state index >= 15 is 0 Å². The van der Waals surface area contributed by atoms with Crippen LogP contribution in [-0.4, -0.2) is 25.9 Å². The van der Waals surface area contributed by atoms with E-state index in [0.29, 0.717) is 24.0 Å². The Bertz CT molecular complexity index is 611. The second kappa shape index (κ2) is 6.56. The molecular formula is C15H23N5O. The minimum Gasteiger partial charge on any atom is -0.304 e. The number of aromatic amines is 1. The van der Waals surface area contributed by atoms with E-state index in [-0.39, 0.29) is 5.91 Å². The van der Waals surface area contributed by atoms with Gasteiger partial charge in [-0.25, -0.2) is 0 Å². The van der Waals surface area contributed by atoms with Crippen molar-refractivity contribution in [1.29, 1.82) is 0 Å². The predicted molar refractivity (Wildman–Crippen MR) is 82.5 cm³/mol. The molecule has 2 rings (SSSR count). The number of H-pyrrole nitrogens is 1. The maximum absolute atomic E-state index is 12.4. The maximum Gasteiger partial charge on any atom is 0.275 e. The van der Waals surface area contributed by atoms with Gasteiger partial charge in [-0.3, -0.25) is 14.6 Å². The van der Waals surface area contributed by atoms with Gasteiger partial charge < -0.3 is 5.32 Å². The topological polar surface area (TPSA) is 75.6 Å². The highest BCUT2D eigenvalue weighted by atomic mass is 16.2. The molecule has 0 fully saturated rings. The molecule has 0 aliphatic rings. The van der Waals surface area contributed by atoms with Gasteiger partial charge in [0.25, 0.3) is 5.91 Å². The van der Waals surface area contributed by atoms with Gasteiger partial charge in [0.15, 0.2) is 5.82 Å². The van der Waals surface area contributed by atoms with Gasteiger partial charge in [-0.05, 0) is 25.3 Å². The molecule has 21 heavy (non-hydrogen) atoms. The van der Waals surface area contributed by atoms with Gasteiger partial charge >= 0.3 is 0 Å². The largest absolute Gasteiger partial charge is 0.304 e. The second-order valence-corrected chi connectivity index (χ2v) is 5.41. The molecular weight excluding hydrogens is 266 g/mol. The lowest BCUT2D eigenvalue weighted by atomic mass is 10.1. The third kappa shape index (κ3) is 3.51. The molecule has 0 bridgehead atoms.